The molecule has 0 unspecified atom stereocenters. The molecule has 0 heterocycles. The minimum Gasteiger partial charge on any atom is -0.396 e. The van der Waals surface area contributed by atoms with Crippen LogP contribution >= 0.6 is 0 Å². The number of carbonyl (C=O) groups excluding carboxylic acids is 1. The third-order valence-corrected chi connectivity index (χ3v) is 2.41. The maximum atomic E-state index is 11.4. The Labute approximate surface area is 126 Å². The fourth-order valence-corrected chi connectivity index (χ4v) is 1.46. The van der Waals surface area contributed by atoms with Crippen molar-refractivity contribution in [3.63, 3.8) is 0 Å². The monoisotopic (exact) mass is 291 g/mol. The highest BCUT2D eigenvalue weighted by molar-refractivity contribution is 5.75. The average molecular weight is 291 g/mol. The van der Waals surface area contributed by atoms with Gasteiger partial charge in [-0.05, 0) is 33.1 Å². The highest BCUT2D eigenvalue weighted by Crippen LogP contribution is 1.98. The van der Waals surface area contributed by atoms with Gasteiger partial charge in [0.2, 0.25) is 5.91 Å². The molecule has 4 heteroatoms. The molecule has 0 aliphatic rings. The average Bonchev–Trinajstić information content (AvgIpc) is 2.39. The van der Waals surface area contributed by atoms with Crippen molar-refractivity contribution in [1.82, 2.24) is 5.32 Å². The van der Waals surface area contributed by atoms with Crippen molar-refractivity contribution in [2.45, 2.75) is 78.7 Å². The number of ether oxygens (including phenoxy) is 1. The molecule has 0 saturated heterocycles. The lowest BCUT2D eigenvalue weighted by Crippen LogP contribution is -2.24. The molecule has 0 aliphatic carbocycles. The summed E-state index contributed by atoms with van der Waals surface area (Å²) < 4.78 is 5.36. The molecule has 0 aromatic heterocycles. The molecule has 0 bridgehead atoms. The molecule has 0 aromatic rings. The van der Waals surface area contributed by atoms with E-state index in [2.05, 4.69) is 19.2 Å². The van der Waals surface area contributed by atoms with Crippen LogP contribution in [-0.2, 0) is 9.53 Å². The number of hydrogen-bond donors (Lipinski definition) is 2. The highest BCUT2D eigenvalue weighted by atomic mass is 16.5. The first-order valence-corrected chi connectivity index (χ1v) is 8.07. The van der Waals surface area contributed by atoms with E-state index in [9.17, 15) is 4.79 Å². The molecule has 0 atom stereocenters. The number of unbranched alkanes of at least 4 members (excludes halogenated alkanes) is 3. The van der Waals surface area contributed by atoms with Crippen molar-refractivity contribution >= 4 is 5.91 Å². The van der Waals surface area contributed by atoms with Gasteiger partial charge in [0.05, 0.1) is 6.10 Å². The van der Waals surface area contributed by atoms with Crippen LogP contribution in [0.1, 0.15) is 74.1 Å². The molecule has 4 nitrogen and oxygen atoms in total. The van der Waals surface area contributed by atoms with Gasteiger partial charge in [-0.1, -0.05) is 33.1 Å². The zero-order chi connectivity index (χ0) is 15.6. The van der Waals surface area contributed by atoms with E-state index >= 15 is 0 Å². The first-order chi connectivity index (χ1) is 9.58. The first kappa shape index (κ1) is 21.7. The molecule has 0 saturated carbocycles. The summed E-state index contributed by atoms with van der Waals surface area (Å²) in [6.07, 6.45) is 6.78. The van der Waals surface area contributed by atoms with Crippen molar-refractivity contribution in [2.24, 2.45) is 0 Å². The van der Waals surface area contributed by atoms with Crippen LogP contribution in [0.2, 0.25) is 0 Å². The SMILES string of the molecule is CC(C)OCCCC(=O)NCCCCCCO.CCC.[HH]. The minimum atomic E-state index is 0. The Kier molecular flexibility index (Phi) is 19.9. The normalized spacial score (nSPS) is 10.1. The topological polar surface area (TPSA) is 58.6 Å². The second-order valence-electron chi connectivity index (χ2n) is 5.22. The third kappa shape index (κ3) is 22.6. The van der Waals surface area contributed by atoms with Crippen molar-refractivity contribution < 1.29 is 16.1 Å². The molecule has 124 valence electrons. The summed E-state index contributed by atoms with van der Waals surface area (Å²) in [6, 6.07) is 0. The third-order valence-electron chi connectivity index (χ3n) is 2.41. The van der Waals surface area contributed by atoms with Crippen molar-refractivity contribution in [1.29, 1.82) is 0 Å². The Balaban J connectivity index is -0.000000740. The molecule has 0 fully saturated rings. The molecule has 0 rings (SSSR count). The lowest BCUT2D eigenvalue weighted by atomic mass is 10.2. The summed E-state index contributed by atoms with van der Waals surface area (Å²) >= 11 is 0. The van der Waals surface area contributed by atoms with E-state index in [1.54, 1.807) is 0 Å². The molecule has 0 aromatic carbocycles. The largest absolute Gasteiger partial charge is 0.396 e. The van der Waals surface area contributed by atoms with Gasteiger partial charge in [-0.15, -0.1) is 0 Å². The van der Waals surface area contributed by atoms with Crippen LogP contribution in [-0.4, -0.2) is 36.9 Å². The van der Waals surface area contributed by atoms with Gasteiger partial charge in [-0.3, -0.25) is 4.79 Å². The van der Waals surface area contributed by atoms with Gasteiger partial charge in [0.25, 0.3) is 0 Å². The van der Waals surface area contributed by atoms with E-state index in [1.165, 1.54) is 6.42 Å². The fourth-order valence-electron chi connectivity index (χ4n) is 1.46. The summed E-state index contributed by atoms with van der Waals surface area (Å²) in [5, 5.41) is 11.5. The molecule has 0 spiro atoms. The Morgan fingerprint density at radius 3 is 2.30 bits per heavy atom. The van der Waals surface area contributed by atoms with Crippen LogP contribution in [0.15, 0.2) is 0 Å². The first-order valence-electron chi connectivity index (χ1n) is 8.07. The Morgan fingerprint density at radius 2 is 1.75 bits per heavy atom. The molecular weight excluding hydrogens is 254 g/mol. The van der Waals surface area contributed by atoms with Crippen molar-refractivity contribution in [2.75, 3.05) is 19.8 Å². The number of nitrogens with one attached hydrogen (secondary N) is 1. The van der Waals surface area contributed by atoms with Crippen molar-refractivity contribution in [3.05, 3.63) is 0 Å². The number of hydrogen-bond acceptors (Lipinski definition) is 3. The van der Waals surface area contributed by atoms with Crippen molar-refractivity contribution in [3.8, 4) is 0 Å². The van der Waals surface area contributed by atoms with Gasteiger partial charge in [0, 0.05) is 27.6 Å². The maximum absolute atomic E-state index is 11.4. The summed E-state index contributed by atoms with van der Waals surface area (Å²) in [5.74, 6) is 0.111. The fraction of sp³-hybridized carbons (Fsp3) is 0.938. The van der Waals surface area contributed by atoms with Crippen LogP contribution in [0.4, 0.5) is 0 Å². The van der Waals surface area contributed by atoms with Gasteiger partial charge in [0.15, 0.2) is 0 Å². The maximum Gasteiger partial charge on any atom is 0.220 e. The minimum absolute atomic E-state index is 0. The molecule has 0 aliphatic heterocycles. The smallest absolute Gasteiger partial charge is 0.220 e. The van der Waals surface area contributed by atoms with Crippen LogP contribution in [0.3, 0.4) is 0 Å². The van der Waals surface area contributed by atoms with Crippen LogP contribution in [0, 0.1) is 0 Å². The predicted molar refractivity (Wildman–Crippen MR) is 87.0 cm³/mol. The quantitative estimate of drug-likeness (QED) is 0.573. The lowest BCUT2D eigenvalue weighted by Gasteiger charge is -2.07. The molecular formula is C16H37NO3. The predicted octanol–water partition coefficient (Wildman–Crippen LogP) is 3.52. The van der Waals surface area contributed by atoms with E-state index in [1.807, 2.05) is 13.8 Å². The summed E-state index contributed by atoms with van der Waals surface area (Å²) in [7, 11) is 0. The standard InChI is InChI=1S/C13H27NO3.C3H8.H2/c1-12(2)17-11-7-8-13(16)14-9-5-3-4-6-10-15;1-3-2;/h12,15H,3-11H2,1-2H3,(H,14,16);3H2,1-2H3;1H. The van der Waals surface area contributed by atoms with Gasteiger partial charge in [0.1, 0.15) is 0 Å². The molecule has 0 radical (unpaired) electrons. The zero-order valence-electron chi connectivity index (χ0n) is 13.9. The van der Waals surface area contributed by atoms with E-state index in [4.69, 9.17) is 9.84 Å². The molecule has 2 N–H and O–H groups in total. The summed E-state index contributed by atoms with van der Waals surface area (Å²) in [5.41, 5.74) is 0. The number of aliphatic hydroxyl groups is 1. The summed E-state index contributed by atoms with van der Waals surface area (Å²) in [4.78, 5) is 11.4. The Hall–Kier alpha value is -0.610. The summed E-state index contributed by atoms with van der Waals surface area (Å²) in [6.45, 7) is 9.90. The van der Waals surface area contributed by atoms with Gasteiger partial charge >= 0.3 is 0 Å². The number of carbonyl (C=O) groups is 1. The van der Waals surface area contributed by atoms with Gasteiger partial charge in [-0.2, -0.15) is 0 Å². The molecule has 1 amide bonds. The second kappa shape index (κ2) is 18.4. The van der Waals surface area contributed by atoms with Gasteiger partial charge in [-0.25, -0.2) is 0 Å². The van der Waals surface area contributed by atoms with Gasteiger partial charge < -0.3 is 15.2 Å². The lowest BCUT2D eigenvalue weighted by molar-refractivity contribution is -0.121. The molecule has 20 heavy (non-hydrogen) atoms. The Bertz CT molecular complexity index is 202. The number of aliphatic hydroxyl groups excluding tert-OH is 1. The highest BCUT2D eigenvalue weighted by Gasteiger charge is 2.01. The van der Waals surface area contributed by atoms with Crippen LogP contribution < -0.4 is 5.32 Å². The van der Waals surface area contributed by atoms with Crippen LogP contribution in [0.5, 0.6) is 0 Å². The second-order valence-corrected chi connectivity index (χ2v) is 5.22. The number of rotatable bonds is 11. The van der Waals surface area contributed by atoms with E-state index in [-0.39, 0.29) is 20.0 Å². The number of amides is 1. The van der Waals surface area contributed by atoms with E-state index < -0.39 is 0 Å². The van der Waals surface area contributed by atoms with E-state index in [0.717, 1.165) is 38.6 Å². The zero-order valence-corrected chi connectivity index (χ0v) is 13.9. The van der Waals surface area contributed by atoms with Crippen LogP contribution in [0.25, 0.3) is 0 Å². The Morgan fingerprint density at radius 1 is 1.15 bits per heavy atom. The van der Waals surface area contributed by atoms with E-state index in [0.29, 0.717) is 13.0 Å².